The highest BCUT2D eigenvalue weighted by Crippen LogP contribution is 2.32. The summed E-state index contributed by atoms with van der Waals surface area (Å²) in [4.78, 5) is 0. The molecule has 0 bridgehead atoms. The van der Waals surface area contributed by atoms with Crippen LogP contribution in [0.3, 0.4) is 0 Å². The van der Waals surface area contributed by atoms with Gasteiger partial charge in [-0.15, -0.1) is 0 Å². The second-order valence-corrected chi connectivity index (χ2v) is 5.06. The van der Waals surface area contributed by atoms with Crippen LogP contribution >= 0.6 is 0 Å². The number of para-hydroxylation sites is 1. The summed E-state index contributed by atoms with van der Waals surface area (Å²) in [7, 11) is 0. The number of hydrogen-bond donors (Lipinski definition) is 2. The van der Waals surface area contributed by atoms with E-state index < -0.39 is 5.60 Å². The molecule has 1 aromatic carbocycles. The molecule has 0 saturated carbocycles. The molecule has 1 rings (SSSR count). The molecule has 0 aliphatic heterocycles. The molecule has 3 heteroatoms. The van der Waals surface area contributed by atoms with Crippen molar-refractivity contribution in [2.24, 2.45) is 0 Å². The fraction of sp³-hybridized carbons (Fsp3) is 0.600. The summed E-state index contributed by atoms with van der Waals surface area (Å²) in [5.41, 5.74) is -0.00870. The highest BCUT2D eigenvalue weighted by Gasteiger charge is 2.26. The van der Waals surface area contributed by atoms with Gasteiger partial charge in [-0.25, -0.2) is 0 Å². The summed E-state index contributed by atoms with van der Waals surface area (Å²) < 4.78 is 5.57. The van der Waals surface area contributed by atoms with Crippen molar-refractivity contribution in [3.8, 4) is 5.75 Å². The number of nitrogens with one attached hydrogen (secondary N) is 1. The average Bonchev–Trinajstić information content (AvgIpc) is 2.29. The van der Waals surface area contributed by atoms with E-state index in [-0.39, 0.29) is 0 Å². The molecular formula is C15H25NO2. The van der Waals surface area contributed by atoms with Gasteiger partial charge in [0.1, 0.15) is 5.75 Å². The topological polar surface area (TPSA) is 41.5 Å². The first-order valence-corrected chi connectivity index (χ1v) is 6.65. The molecule has 0 radical (unpaired) electrons. The van der Waals surface area contributed by atoms with Crippen molar-refractivity contribution >= 4 is 0 Å². The van der Waals surface area contributed by atoms with Gasteiger partial charge < -0.3 is 15.2 Å². The van der Waals surface area contributed by atoms with Crippen LogP contribution in [0.2, 0.25) is 0 Å². The Hall–Kier alpha value is -1.06. The Balaban J connectivity index is 2.76. The zero-order valence-corrected chi connectivity index (χ0v) is 11.9. The molecule has 0 aliphatic rings. The van der Waals surface area contributed by atoms with Crippen LogP contribution in [0.25, 0.3) is 0 Å². The van der Waals surface area contributed by atoms with Gasteiger partial charge in [-0.3, -0.25) is 0 Å². The number of ether oxygens (including phenoxy) is 1. The predicted molar refractivity (Wildman–Crippen MR) is 74.9 cm³/mol. The number of hydrogen-bond acceptors (Lipinski definition) is 3. The quantitative estimate of drug-likeness (QED) is 0.783. The van der Waals surface area contributed by atoms with Crippen molar-refractivity contribution in [2.75, 3.05) is 13.2 Å². The van der Waals surface area contributed by atoms with E-state index >= 15 is 0 Å². The Morgan fingerprint density at radius 2 is 2.00 bits per heavy atom. The van der Waals surface area contributed by atoms with Gasteiger partial charge in [-0.05, 0) is 32.9 Å². The van der Waals surface area contributed by atoms with Gasteiger partial charge in [0.2, 0.25) is 0 Å². The van der Waals surface area contributed by atoms with Crippen molar-refractivity contribution in [3.63, 3.8) is 0 Å². The molecule has 0 amide bonds. The lowest BCUT2D eigenvalue weighted by Crippen LogP contribution is -2.31. The molecule has 0 spiro atoms. The molecular weight excluding hydrogens is 226 g/mol. The van der Waals surface area contributed by atoms with Crippen LogP contribution in [-0.4, -0.2) is 24.3 Å². The second kappa shape index (κ2) is 6.76. The maximum atomic E-state index is 10.6. The van der Waals surface area contributed by atoms with E-state index in [0.29, 0.717) is 19.1 Å². The molecule has 2 N–H and O–H groups in total. The molecule has 0 aliphatic carbocycles. The van der Waals surface area contributed by atoms with E-state index in [1.165, 1.54) is 0 Å². The van der Waals surface area contributed by atoms with E-state index in [2.05, 4.69) is 19.2 Å². The molecule has 0 heterocycles. The lowest BCUT2D eigenvalue weighted by molar-refractivity contribution is 0.0445. The maximum absolute atomic E-state index is 10.6. The van der Waals surface area contributed by atoms with Gasteiger partial charge in [-0.2, -0.15) is 0 Å². The lowest BCUT2D eigenvalue weighted by atomic mass is 9.91. The zero-order chi connectivity index (χ0) is 13.6. The Morgan fingerprint density at radius 1 is 1.33 bits per heavy atom. The normalized spacial score (nSPS) is 14.6. The first kappa shape index (κ1) is 15.0. The van der Waals surface area contributed by atoms with Crippen LogP contribution in [0, 0.1) is 0 Å². The number of benzene rings is 1. The summed E-state index contributed by atoms with van der Waals surface area (Å²) >= 11 is 0. The van der Waals surface area contributed by atoms with Gasteiger partial charge in [-0.1, -0.05) is 32.0 Å². The molecule has 1 atom stereocenters. The molecule has 1 unspecified atom stereocenters. The van der Waals surface area contributed by atoms with Gasteiger partial charge in [0.15, 0.2) is 0 Å². The molecule has 0 saturated heterocycles. The molecule has 1 aromatic rings. The van der Waals surface area contributed by atoms with Crippen LogP contribution in [0.4, 0.5) is 0 Å². The second-order valence-electron chi connectivity index (χ2n) is 5.06. The molecule has 3 nitrogen and oxygen atoms in total. The van der Waals surface area contributed by atoms with Crippen molar-refractivity contribution in [2.45, 2.75) is 45.8 Å². The Labute approximate surface area is 110 Å². The smallest absolute Gasteiger partial charge is 0.125 e. The summed E-state index contributed by atoms with van der Waals surface area (Å²) in [6.07, 6.45) is 0.662. The van der Waals surface area contributed by atoms with Crippen molar-refractivity contribution < 1.29 is 9.84 Å². The van der Waals surface area contributed by atoms with E-state index in [1.54, 1.807) is 0 Å². The maximum Gasteiger partial charge on any atom is 0.125 e. The summed E-state index contributed by atoms with van der Waals surface area (Å²) in [5.74, 6) is 0.773. The minimum atomic E-state index is -0.867. The Morgan fingerprint density at radius 3 is 2.61 bits per heavy atom. The number of rotatable bonds is 7. The highest BCUT2D eigenvalue weighted by atomic mass is 16.5. The van der Waals surface area contributed by atoms with Crippen LogP contribution < -0.4 is 10.1 Å². The van der Waals surface area contributed by atoms with Gasteiger partial charge >= 0.3 is 0 Å². The first-order chi connectivity index (χ1) is 8.47. The van der Waals surface area contributed by atoms with Gasteiger partial charge in [0, 0.05) is 11.6 Å². The molecule has 18 heavy (non-hydrogen) atoms. The largest absolute Gasteiger partial charge is 0.493 e. The van der Waals surface area contributed by atoms with E-state index in [0.717, 1.165) is 17.9 Å². The SMILES string of the molecule is CCOc1ccccc1C(C)(O)CCNC(C)C. The Bertz CT molecular complexity index is 361. The highest BCUT2D eigenvalue weighted by molar-refractivity contribution is 5.37. The van der Waals surface area contributed by atoms with Crippen molar-refractivity contribution in [1.29, 1.82) is 0 Å². The van der Waals surface area contributed by atoms with E-state index in [1.807, 2.05) is 38.1 Å². The van der Waals surface area contributed by atoms with E-state index in [4.69, 9.17) is 4.74 Å². The summed E-state index contributed by atoms with van der Waals surface area (Å²) in [5, 5.41) is 13.9. The lowest BCUT2D eigenvalue weighted by Gasteiger charge is -2.26. The van der Waals surface area contributed by atoms with Gasteiger partial charge in [0.25, 0.3) is 0 Å². The van der Waals surface area contributed by atoms with Crippen molar-refractivity contribution in [1.82, 2.24) is 5.32 Å². The summed E-state index contributed by atoms with van der Waals surface area (Å²) in [6, 6.07) is 8.13. The van der Waals surface area contributed by atoms with Crippen LogP contribution in [-0.2, 0) is 5.60 Å². The van der Waals surface area contributed by atoms with Crippen LogP contribution in [0.15, 0.2) is 24.3 Å². The fourth-order valence-corrected chi connectivity index (χ4v) is 1.93. The van der Waals surface area contributed by atoms with Crippen LogP contribution in [0.5, 0.6) is 5.75 Å². The average molecular weight is 251 g/mol. The minimum absolute atomic E-state index is 0.433. The number of aliphatic hydroxyl groups is 1. The third kappa shape index (κ3) is 4.31. The Kier molecular flexibility index (Phi) is 5.63. The molecule has 0 aromatic heterocycles. The predicted octanol–water partition coefficient (Wildman–Crippen LogP) is 2.68. The van der Waals surface area contributed by atoms with Gasteiger partial charge in [0.05, 0.1) is 12.2 Å². The standard InChI is InChI=1S/C15H25NO2/c1-5-18-14-9-7-6-8-13(14)15(4,17)10-11-16-12(2)3/h6-9,12,16-17H,5,10-11H2,1-4H3. The molecule has 102 valence electrons. The minimum Gasteiger partial charge on any atom is -0.493 e. The van der Waals surface area contributed by atoms with E-state index in [9.17, 15) is 5.11 Å². The third-order valence-corrected chi connectivity index (χ3v) is 2.93. The first-order valence-electron chi connectivity index (χ1n) is 6.65. The third-order valence-electron chi connectivity index (χ3n) is 2.93. The zero-order valence-electron chi connectivity index (χ0n) is 11.9. The molecule has 0 fully saturated rings. The van der Waals surface area contributed by atoms with Crippen LogP contribution in [0.1, 0.15) is 39.7 Å². The van der Waals surface area contributed by atoms with Crippen molar-refractivity contribution in [3.05, 3.63) is 29.8 Å². The summed E-state index contributed by atoms with van der Waals surface area (Å²) in [6.45, 7) is 9.38. The monoisotopic (exact) mass is 251 g/mol. The fourth-order valence-electron chi connectivity index (χ4n) is 1.93.